The first kappa shape index (κ1) is 32.6. The highest BCUT2D eigenvalue weighted by atomic mass is 15.2. The maximum absolute atomic E-state index is 2.48. The highest BCUT2D eigenvalue weighted by Gasteiger charge is 2.52. The van der Waals surface area contributed by atoms with Gasteiger partial charge in [-0.25, -0.2) is 0 Å². The Bertz CT molecular complexity index is 3170. The summed E-state index contributed by atoms with van der Waals surface area (Å²) in [6.45, 7) is 0. The lowest BCUT2D eigenvalue weighted by Crippen LogP contribution is -2.36. The first-order valence-electron chi connectivity index (χ1n) is 20.0. The quantitative estimate of drug-likeness (QED) is 0.168. The Hall–Kier alpha value is -7.62. The summed E-state index contributed by atoms with van der Waals surface area (Å²) in [7, 11) is 0. The zero-order valence-corrected chi connectivity index (χ0v) is 31.7. The highest BCUT2D eigenvalue weighted by Crippen LogP contribution is 2.65. The molecule has 1 atom stereocenters. The van der Waals surface area contributed by atoms with Gasteiger partial charge in [0.1, 0.15) is 0 Å². The van der Waals surface area contributed by atoms with Crippen LogP contribution < -0.4 is 9.80 Å². The number of aromatic nitrogens is 1. The largest absolute Gasteiger partial charge is 0.310 e. The van der Waals surface area contributed by atoms with E-state index >= 15 is 0 Å². The van der Waals surface area contributed by atoms with Crippen LogP contribution in [-0.4, -0.2) is 4.57 Å². The van der Waals surface area contributed by atoms with Gasteiger partial charge in [-0.3, -0.25) is 0 Å². The van der Waals surface area contributed by atoms with Gasteiger partial charge in [-0.15, -0.1) is 0 Å². The zero-order valence-electron chi connectivity index (χ0n) is 31.7. The number of benzene rings is 9. The van der Waals surface area contributed by atoms with Gasteiger partial charge in [-0.05, 0) is 107 Å². The standard InChI is InChI=1S/C55H37N3/c1-5-18-38(19-6-1)55-48-28-14-16-30-51(48)58(41-24-11-4-12-25-41)52-31-17-27-47(54(52)55)44-34-32-42(36-49(44)55)56(39-20-7-2-8-21-39)43-33-35-46-45-26-13-15-29-50(45)57(53(46)37-43)40-22-9-3-10-23-40/h1-37H. The molecule has 0 spiro atoms. The number of nitrogens with zero attached hydrogens (tertiary/aromatic N) is 3. The predicted molar refractivity (Wildman–Crippen MR) is 241 cm³/mol. The molecule has 9 aromatic carbocycles. The SMILES string of the molecule is c1ccc(N(c2ccc3c(c2)C2(c4ccccc4)c4ccccc4N(c4ccccc4)c4cccc-3c42)c2ccc3c4ccccc4n(-c4ccccc4)c3c2)cc1. The van der Waals surface area contributed by atoms with Crippen molar-refractivity contribution in [1.82, 2.24) is 4.57 Å². The molecule has 58 heavy (non-hydrogen) atoms. The Morgan fingerprint density at radius 2 is 0.966 bits per heavy atom. The second-order valence-electron chi connectivity index (χ2n) is 15.3. The molecule has 3 heteroatoms. The van der Waals surface area contributed by atoms with Crippen molar-refractivity contribution in [3.8, 4) is 16.8 Å². The molecule has 0 saturated carbocycles. The molecule has 0 bridgehead atoms. The summed E-state index contributed by atoms with van der Waals surface area (Å²) in [5.41, 5.74) is 17.5. The van der Waals surface area contributed by atoms with Crippen LogP contribution in [0.3, 0.4) is 0 Å². The molecule has 1 aliphatic heterocycles. The van der Waals surface area contributed by atoms with E-state index in [0.717, 1.165) is 28.4 Å². The van der Waals surface area contributed by atoms with Gasteiger partial charge in [0, 0.05) is 44.8 Å². The average Bonchev–Trinajstić information content (AvgIpc) is 3.79. The number of rotatable bonds is 6. The van der Waals surface area contributed by atoms with E-state index in [1.807, 2.05) is 0 Å². The molecule has 1 aromatic heterocycles. The van der Waals surface area contributed by atoms with Crippen LogP contribution in [0, 0.1) is 0 Å². The normalized spacial score (nSPS) is 14.9. The lowest BCUT2D eigenvalue weighted by atomic mass is 9.65. The van der Waals surface area contributed by atoms with Crippen molar-refractivity contribution in [1.29, 1.82) is 0 Å². The number of hydrogen-bond acceptors (Lipinski definition) is 2. The molecular formula is C55H37N3. The Morgan fingerprint density at radius 3 is 1.76 bits per heavy atom. The Morgan fingerprint density at radius 1 is 0.362 bits per heavy atom. The third-order valence-corrected chi connectivity index (χ3v) is 12.3. The molecule has 0 fully saturated rings. The van der Waals surface area contributed by atoms with Gasteiger partial charge in [0.2, 0.25) is 0 Å². The molecule has 3 nitrogen and oxygen atoms in total. The minimum absolute atomic E-state index is 0.549. The molecule has 272 valence electrons. The van der Waals surface area contributed by atoms with Gasteiger partial charge in [-0.2, -0.15) is 0 Å². The fourth-order valence-electron chi connectivity index (χ4n) is 10.1. The Balaban J connectivity index is 1.13. The van der Waals surface area contributed by atoms with Gasteiger partial charge in [0.05, 0.1) is 27.8 Å². The van der Waals surface area contributed by atoms with Crippen molar-refractivity contribution >= 4 is 55.9 Å². The van der Waals surface area contributed by atoms with Crippen molar-refractivity contribution in [2.24, 2.45) is 0 Å². The fraction of sp³-hybridized carbons (Fsp3) is 0.0182. The highest BCUT2D eigenvalue weighted by molar-refractivity contribution is 6.10. The molecule has 0 radical (unpaired) electrons. The minimum Gasteiger partial charge on any atom is -0.310 e. The predicted octanol–water partition coefficient (Wildman–Crippen LogP) is 14.4. The number of anilines is 6. The Kier molecular flexibility index (Phi) is 7.14. The van der Waals surface area contributed by atoms with Crippen LogP contribution in [0.5, 0.6) is 0 Å². The zero-order chi connectivity index (χ0) is 38.2. The second kappa shape index (κ2) is 12.7. The van der Waals surface area contributed by atoms with Gasteiger partial charge >= 0.3 is 0 Å². The third-order valence-electron chi connectivity index (χ3n) is 12.3. The van der Waals surface area contributed by atoms with Crippen LogP contribution >= 0.6 is 0 Å². The van der Waals surface area contributed by atoms with Crippen molar-refractivity contribution in [2.45, 2.75) is 5.41 Å². The van der Waals surface area contributed by atoms with E-state index in [1.165, 1.54) is 66.6 Å². The molecule has 0 amide bonds. The van der Waals surface area contributed by atoms with Crippen LogP contribution in [-0.2, 0) is 5.41 Å². The fourth-order valence-corrected chi connectivity index (χ4v) is 10.1. The molecule has 2 heterocycles. The summed E-state index contributed by atoms with van der Waals surface area (Å²) in [5, 5.41) is 2.48. The van der Waals surface area contributed by atoms with E-state index < -0.39 is 5.41 Å². The van der Waals surface area contributed by atoms with Crippen LogP contribution in [0.25, 0.3) is 38.6 Å². The van der Waals surface area contributed by atoms with Gasteiger partial charge in [0.15, 0.2) is 0 Å². The lowest BCUT2D eigenvalue weighted by Gasteiger charge is -2.44. The van der Waals surface area contributed by atoms with E-state index in [-0.39, 0.29) is 0 Å². The molecule has 12 rings (SSSR count). The molecule has 1 aliphatic carbocycles. The maximum atomic E-state index is 2.48. The van der Waals surface area contributed by atoms with E-state index in [4.69, 9.17) is 0 Å². The smallest absolute Gasteiger partial charge is 0.0755 e. The molecule has 2 aliphatic rings. The van der Waals surface area contributed by atoms with Crippen molar-refractivity contribution < 1.29 is 0 Å². The van der Waals surface area contributed by atoms with Crippen LogP contribution in [0.1, 0.15) is 22.3 Å². The number of fused-ring (bicyclic) bond motifs is 8. The summed E-state index contributed by atoms with van der Waals surface area (Å²) in [6.07, 6.45) is 0. The summed E-state index contributed by atoms with van der Waals surface area (Å²) in [5.74, 6) is 0. The van der Waals surface area contributed by atoms with E-state index in [2.05, 4.69) is 239 Å². The van der Waals surface area contributed by atoms with Crippen LogP contribution in [0.4, 0.5) is 34.1 Å². The Labute approximate surface area is 337 Å². The van der Waals surface area contributed by atoms with Crippen molar-refractivity contribution in [3.05, 3.63) is 247 Å². The lowest BCUT2D eigenvalue weighted by molar-refractivity contribution is 0.753. The summed E-state index contributed by atoms with van der Waals surface area (Å²) >= 11 is 0. The van der Waals surface area contributed by atoms with Crippen molar-refractivity contribution in [3.63, 3.8) is 0 Å². The van der Waals surface area contributed by atoms with E-state index in [1.54, 1.807) is 0 Å². The molecule has 1 unspecified atom stereocenters. The monoisotopic (exact) mass is 739 g/mol. The topological polar surface area (TPSA) is 11.4 Å². The summed E-state index contributed by atoms with van der Waals surface area (Å²) in [4.78, 5) is 4.89. The van der Waals surface area contributed by atoms with E-state index in [9.17, 15) is 0 Å². The van der Waals surface area contributed by atoms with Gasteiger partial charge in [-0.1, -0.05) is 146 Å². The van der Waals surface area contributed by atoms with Gasteiger partial charge < -0.3 is 14.4 Å². The first-order valence-corrected chi connectivity index (χ1v) is 20.0. The van der Waals surface area contributed by atoms with Gasteiger partial charge in [0.25, 0.3) is 0 Å². The summed E-state index contributed by atoms with van der Waals surface area (Å²) in [6, 6.07) is 82.3. The maximum Gasteiger partial charge on any atom is 0.0755 e. The minimum atomic E-state index is -0.549. The summed E-state index contributed by atoms with van der Waals surface area (Å²) < 4.78 is 2.40. The molecule has 10 aromatic rings. The molecule has 0 N–H and O–H groups in total. The van der Waals surface area contributed by atoms with Crippen LogP contribution in [0.15, 0.2) is 224 Å². The third kappa shape index (κ3) is 4.56. The number of hydrogen-bond donors (Lipinski definition) is 0. The molecular weight excluding hydrogens is 703 g/mol. The van der Waals surface area contributed by atoms with E-state index in [0.29, 0.717) is 0 Å². The first-order chi connectivity index (χ1) is 28.8. The molecule has 0 saturated heterocycles. The number of para-hydroxylation sites is 5. The average molecular weight is 740 g/mol. The van der Waals surface area contributed by atoms with Crippen molar-refractivity contribution in [2.75, 3.05) is 9.80 Å². The second-order valence-corrected chi connectivity index (χ2v) is 15.3. The van der Waals surface area contributed by atoms with Crippen LogP contribution in [0.2, 0.25) is 0 Å².